The Bertz CT molecular complexity index is 113. The Morgan fingerprint density at radius 3 is 1.60 bits per heavy atom. The topological polar surface area (TPSA) is 26.0 Å². The highest BCUT2D eigenvalue weighted by Crippen LogP contribution is 1.90. The van der Waals surface area contributed by atoms with Crippen LogP contribution < -0.4 is 5.73 Å². The van der Waals surface area contributed by atoms with Crippen LogP contribution in [0.1, 0.15) is 68.2 Å². The van der Waals surface area contributed by atoms with Crippen molar-refractivity contribution < 1.29 is 0 Å². The lowest BCUT2D eigenvalue weighted by Crippen LogP contribution is -1.92. The SMILES string of the molecule is CC.CC.CC.CC/C=C\C=C(\N)CC. The lowest BCUT2D eigenvalue weighted by molar-refractivity contribution is 1.07. The quantitative estimate of drug-likeness (QED) is 0.636. The number of rotatable bonds is 3. The third-order valence-corrected chi connectivity index (χ3v) is 1.09. The van der Waals surface area contributed by atoms with E-state index < -0.39 is 0 Å². The largest absolute Gasteiger partial charge is 0.402 e. The van der Waals surface area contributed by atoms with E-state index in [4.69, 9.17) is 5.73 Å². The van der Waals surface area contributed by atoms with E-state index in [9.17, 15) is 0 Å². The minimum Gasteiger partial charge on any atom is -0.402 e. The zero-order chi connectivity index (χ0) is 13.1. The van der Waals surface area contributed by atoms with Gasteiger partial charge in [-0.15, -0.1) is 0 Å². The molecule has 0 spiro atoms. The second kappa shape index (κ2) is 37.8. The molecule has 1 nitrogen and oxygen atoms in total. The molecule has 0 saturated carbocycles. The van der Waals surface area contributed by atoms with Crippen LogP contribution in [0.5, 0.6) is 0 Å². The number of hydrogen-bond donors (Lipinski definition) is 1. The van der Waals surface area contributed by atoms with Gasteiger partial charge in [0, 0.05) is 5.70 Å². The summed E-state index contributed by atoms with van der Waals surface area (Å²) in [4.78, 5) is 0. The molecule has 0 rings (SSSR count). The van der Waals surface area contributed by atoms with E-state index in [2.05, 4.69) is 13.0 Å². The first kappa shape index (κ1) is 23.8. The van der Waals surface area contributed by atoms with Crippen LogP contribution in [0.4, 0.5) is 0 Å². The van der Waals surface area contributed by atoms with Gasteiger partial charge >= 0.3 is 0 Å². The van der Waals surface area contributed by atoms with Gasteiger partial charge in [0.25, 0.3) is 0 Å². The Balaban J connectivity index is -0.0000000860. The molecule has 0 aliphatic heterocycles. The molecular weight excluding hydrogens is 182 g/mol. The van der Waals surface area contributed by atoms with Crippen molar-refractivity contribution in [3.05, 3.63) is 23.9 Å². The van der Waals surface area contributed by atoms with Crippen molar-refractivity contribution in [2.45, 2.75) is 68.2 Å². The van der Waals surface area contributed by atoms with Crippen molar-refractivity contribution in [2.75, 3.05) is 0 Å². The Labute approximate surface area is 98.5 Å². The lowest BCUT2D eigenvalue weighted by Gasteiger charge is -1.88. The van der Waals surface area contributed by atoms with Crippen molar-refractivity contribution in [1.29, 1.82) is 0 Å². The monoisotopic (exact) mass is 215 g/mol. The average molecular weight is 215 g/mol. The Kier molecular flexibility index (Phi) is 60.0. The summed E-state index contributed by atoms with van der Waals surface area (Å²) in [5.41, 5.74) is 6.47. The van der Waals surface area contributed by atoms with Gasteiger partial charge in [-0.2, -0.15) is 0 Å². The number of nitrogens with two attached hydrogens (primary N) is 1. The van der Waals surface area contributed by atoms with Crippen molar-refractivity contribution in [2.24, 2.45) is 5.73 Å². The molecule has 0 atom stereocenters. The fraction of sp³-hybridized carbons (Fsp3) is 0.714. The molecule has 0 bridgehead atoms. The van der Waals surface area contributed by atoms with Crippen LogP contribution in [0.15, 0.2) is 23.9 Å². The van der Waals surface area contributed by atoms with Crippen molar-refractivity contribution >= 4 is 0 Å². The van der Waals surface area contributed by atoms with Gasteiger partial charge in [0.2, 0.25) is 0 Å². The molecule has 0 aliphatic rings. The standard InChI is InChI=1S/C8H15N.3C2H6/c1-3-5-6-7-8(9)4-2;3*1-2/h5-7H,3-4,9H2,1-2H3;3*1-2H3/b6-5-,8-7+;;;. The van der Waals surface area contributed by atoms with Gasteiger partial charge in [-0.05, 0) is 18.9 Å². The summed E-state index contributed by atoms with van der Waals surface area (Å²) >= 11 is 0. The first-order chi connectivity index (χ1) is 7.31. The summed E-state index contributed by atoms with van der Waals surface area (Å²) in [6.45, 7) is 16.2. The number of hydrogen-bond acceptors (Lipinski definition) is 1. The van der Waals surface area contributed by atoms with Gasteiger partial charge in [0.1, 0.15) is 0 Å². The van der Waals surface area contributed by atoms with Crippen molar-refractivity contribution in [1.82, 2.24) is 0 Å². The Morgan fingerprint density at radius 2 is 1.33 bits per heavy atom. The molecule has 94 valence electrons. The molecule has 0 amide bonds. The second-order valence-electron chi connectivity index (χ2n) is 1.93. The van der Waals surface area contributed by atoms with Gasteiger partial charge in [-0.1, -0.05) is 67.5 Å². The molecule has 2 N–H and O–H groups in total. The first-order valence-corrected chi connectivity index (χ1v) is 6.42. The van der Waals surface area contributed by atoms with E-state index in [1.54, 1.807) is 0 Å². The van der Waals surface area contributed by atoms with Gasteiger partial charge in [-0.25, -0.2) is 0 Å². The molecule has 15 heavy (non-hydrogen) atoms. The summed E-state index contributed by atoms with van der Waals surface area (Å²) in [5.74, 6) is 0. The van der Waals surface area contributed by atoms with Gasteiger partial charge in [-0.3, -0.25) is 0 Å². The van der Waals surface area contributed by atoms with Gasteiger partial charge in [0.05, 0.1) is 0 Å². The first-order valence-electron chi connectivity index (χ1n) is 6.42. The maximum Gasteiger partial charge on any atom is 0.00775 e. The smallest absolute Gasteiger partial charge is 0.00775 e. The molecule has 1 heteroatoms. The maximum absolute atomic E-state index is 5.52. The van der Waals surface area contributed by atoms with Crippen molar-refractivity contribution in [3.63, 3.8) is 0 Å². The van der Waals surface area contributed by atoms with Crippen molar-refractivity contribution in [3.8, 4) is 0 Å². The third-order valence-electron chi connectivity index (χ3n) is 1.09. The van der Waals surface area contributed by atoms with Crippen LogP contribution in [-0.2, 0) is 0 Å². The van der Waals surface area contributed by atoms with Gasteiger partial charge < -0.3 is 5.73 Å². The van der Waals surface area contributed by atoms with Crippen LogP contribution in [0.2, 0.25) is 0 Å². The molecule has 0 aromatic heterocycles. The molecule has 0 aromatic rings. The van der Waals surface area contributed by atoms with E-state index in [-0.39, 0.29) is 0 Å². The molecule has 0 radical (unpaired) electrons. The molecule has 0 fully saturated rings. The minimum absolute atomic E-state index is 0.939. The fourth-order valence-electron chi connectivity index (χ4n) is 0.446. The zero-order valence-corrected chi connectivity index (χ0v) is 12.2. The summed E-state index contributed by atoms with van der Waals surface area (Å²) in [5, 5.41) is 0. The fourth-order valence-corrected chi connectivity index (χ4v) is 0.446. The zero-order valence-electron chi connectivity index (χ0n) is 12.2. The van der Waals surface area contributed by atoms with E-state index in [1.165, 1.54) is 0 Å². The van der Waals surface area contributed by atoms with Crippen LogP contribution >= 0.6 is 0 Å². The summed E-state index contributed by atoms with van der Waals surface area (Å²) in [7, 11) is 0. The van der Waals surface area contributed by atoms with Crippen LogP contribution in [-0.4, -0.2) is 0 Å². The Morgan fingerprint density at radius 1 is 0.933 bits per heavy atom. The predicted molar refractivity (Wildman–Crippen MR) is 76.0 cm³/mol. The van der Waals surface area contributed by atoms with E-state index in [0.717, 1.165) is 18.5 Å². The maximum atomic E-state index is 5.52. The van der Waals surface area contributed by atoms with Gasteiger partial charge in [0.15, 0.2) is 0 Å². The van der Waals surface area contributed by atoms with E-state index in [0.29, 0.717) is 0 Å². The van der Waals surface area contributed by atoms with Crippen LogP contribution in [0, 0.1) is 0 Å². The second-order valence-corrected chi connectivity index (χ2v) is 1.93. The molecule has 0 unspecified atom stereocenters. The predicted octanol–water partition coefficient (Wildman–Crippen LogP) is 5.28. The average Bonchev–Trinajstić information content (AvgIpc) is 2.36. The third kappa shape index (κ3) is 42.8. The minimum atomic E-state index is 0.939. The lowest BCUT2D eigenvalue weighted by atomic mass is 10.3. The normalized spacial score (nSPS) is 8.93. The molecular formula is C14H33N. The molecule has 0 aromatic carbocycles. The highest BCUT2D eigenvalue weighted by molar-refractivity contribution is 5.08. The Hall–Kier alpha value is -0.720. The highest BCUT2D eigenvalue weighted by Gasteiger charge is 1.76. The summed E-state index contributed by atoms with van der Waals surface area (Å²) in [6, 6.07) is 0. The molecule has 0 aliphatic carbocycles. The molecule has 0 saturated heterocycles. The number of allylic oxidation sites excluding steroid dienone is 4. The van der Waals surface area contributed by atoms with Crippen LogP contribution in [0.3, 0.4) is 0 Å². The van der Waals surface area contributed by atoms with E-state index >= 15 is 0 Å². The summed E-state index contributed by atoms with van der Waals surface area (Å²) in [6.07, 6.45) is 8.05. The van der Waals surface area contributed by atoms with E-state index in [1.807, 2.05) is 60.6 Å². The van der Waals surface area contributed by atoms with Crippen LogP contribution in [0.25, 0.3) is 0 Å². The highest BCUT2D eigenvalue weighted by atomic mass is 14.6. The molecule has 0 heterocycles. The summed E-state index contributed by atoms with van der Waals surface area (Å²) < 4.78 is 0.